The number of nitrogens with zero attached hydrogens (tertiary/aromatic N) is 2. The molecule has 1 amide bonds. The molecule has 30 heavy (non-hydrogen) atoms. The highest BCUT2D eigenvalue weighted by molar-refractivity contribution is 7.88. The van der Waals surface area contributed by atoms with Gasteiger partial charge < -0.3 is 10.2 Å². The van der Waals surface area contributed by atoms with Gasteiger partial charge in [-0.3, -0.25) is 4.79 Å². The van der Waals surface area contributed by atoms with E-state index >= 15 is 0 Å². The number of hydrogen-bond donors (Lipinski definition) is 1. The van der Waals surface area contributed by atoms with Crippen LogP contribution in [0.4, 0.5) is 0 Å². The number of rotatable bonds is 8. The van der Waals surface area contributed by atoms with Crippen molar-refractivity contribution in [2.75, 3.05) is 39.5 Å². The molecule has 0 aliphatic carbocycles. The molecule has 1 fully saturated rings. The van der Waals surface area contributed by atoms with Gasteiger partial charge in [0.05, 0.1) is 12.3 Å². The van der Waals surface area contributed by atoms with E-state index in [9.17, 15) is 13.2 Å². The fourth-order valence-electron chi connectivity index (χ4n) is 4.14. The Kier molecular flexibility index (Phi) is 7.50. The molecule has 2 aromatic rings. The molecule has 1 atom stereocenters. The zero-order valence-corrected chi connectivity index (χ0v) is 19.0. The van der Waals surface area contributed by atoms with Crippen molar-refractivity contribution in [3.8, 4) is 0 Å². The van der Waals surface area contributed by atoms with E-state index in [1.807, 2.05) is 25.1 Å². The first-order valence-corrected chi connectivity index (χ1v) is 12.5. The predicted molar refractivity (Wildman–Crippen MR) is 122 cm³/mol. The topological polar surface area (TPSA) is 69.7 Å². The maximum atomic E-state index is 12.8. The minimum atomic E-state index is -3.11. The lowest BCUT2D eigenvalue weighted by atomic mass is 9.94. The smallest absolute Gasteiger partial charge is 0.223 e. The van der Waals surface area contributed by atoms with E-state index in [0.717, 1.165) is 44.5 Å². The zero-order valence-electron chi connectivity index (χ0n) is 18.2. The SMILES string of the molecule is CC(NC(=O)C1CCN(CCCN(C)S(C)(=O)=O)CC1)c1cccc2ccccc12. The van der Waals surface area contributed by atoms with Crippen LogP contribution in [0.5, 0.6) is 0 Å². The summed E-state index contributed by atoms with van der Waals surface area (Å²) in [5.41, 5.74) is 1.15. The monoisotopic (exact) mass is 431 g/mol. The maximum Gasteiger partial charge on any atom is 0.223 e. The van der Waals surface area contributed by atoms with Crippen LogP contribution in [-0.2, 0) is 14.8 Å². The minimum Gasteiger partial charge on any atom is -0.349 e. The van der Waals surface area contributed by atoms with Gasteiger partial charge in [0.2, 0.25) is 15.9 Å². The Bertz CT molecular complexity index is 963. The van der Waals surface area contributed by atoms with Crippen molar-refractivity contribution in [3.63, 3.8) is 0 Å². The molecule has 0 bridgehead atoms. The molecule has 1 saturated heterocycles. The lowest BCUT2D eigenvalue weighted by molar-refractivity contribution is -0.127. The Balaban J connectivity index is 1.47. The highest BCUT2D eigenvalue weighted by Gasteiger charge is 2.26. The Morgan fingerprint density at radius 3 is 2.53 bits per heavy atom. The third kappa shape index (κ3) is 5.80. The summed E-state index contributed by atoms with van der Waals surface area (Å²) in [6.45, 7) is 5.20. The normalized spacial score (nSPS) is 17.3. The van der Waals surface area contributed by atoms with Crippen molar-refractivity contribution in [3.05, 3.63) is 48.0 Å². The fraction of sp³-hybridized carbons (Fsp3) is 0.522. The molecule has 2 aromatic carbocycles. The van der Waals surface area contributed by atoms with Gasteiger partial charge in [0.15, 0.2) is 0 Å². The first kappa shape index (κ1) is 22.7. The molecular weight excluding hydrogens is 398 g/mol. The average Bonchev–Trinajstić information content (AvgIpc) is 2.73. The van der Waals surface area contributed by atoms with Crippen molar-refractivity contribution in [2.24, 2.45) is 5.92 Å². The van der Waals surface area contributed by atoms with E-state index < -0.39 is 10.0 Å². The Morgan fingerprint density at radius 2 is 1.83 bits per heavy atom. The number of sulfonamides is 1. The van der Waals surface area contributed by atoms with Gasteiger partial charge in [-0.2, -0.15) is 0 Å². The first-order valence-electron chi connectivity index (χ1n) is 10.7. The Morgan fingerprint density at radius 1 is 1.17 bits per heavy atom. The number of carbonyl (C=O) groups excluding carboxylic acids is 1. The number of fused-ring (bicyclic) bond motifs is 1. The summed E-state index contributed by atoms with van der Waals surface area (Å²) in [7, 11) is -1.50. The molecule has 1 unspecified atom stereocenters. The second-order valence-electron chi connectivity index (χ2n) is 8.35. The number of piperidine rings is 1. The van der Waals surface area contributed by atoms with E-state index in [-0.39, 0.29) is 17.9 Å². The molecule has 0 aromatic heterocycles. The molecule has 7 heteroatoms. The van der Waals surface area contributed by atoms with Crippen molar-refractivity contribution in [1.82, 2.24) is 14.5 Å². The Labute approximate surface area is 180 Å². The molecule has 0 saturated carbocycles. The van der Waals surface area contributed by atoms with Crippen LogP contribution in [0.2, 0.25) is 0 Å². The van der Waals surface area contributed by atoms with E-state index in [1.165, 1.54) is 21.3 Å². The van der Waals surface area contributed by atoms with Gasteiger partial charge >= 0.3 is 0 Å². The third-order valence-electron chi connectivity index (χ3n) is 6.12. The van der Waals surface area contributed by atoms with Gasteiger partial charge in [-0.25, -0.2) is 12.7 Å². The molecule has 1 aliphatic rings. The standard InChI is InChI=1S/C23H33N3O3S/c1-18(21-11-6-9-19-8-4-5-10-22(19)21)24-23(27)20-12-16-26(17-13-20)15-7-14-25(2)30(3,28)29/h4-6,8-11,18,20H,7,12-17H2,1-3H3,(H,24,27). The maximum absolute atomic E-state index is 12.8. The first-order chi connectivity index (χ1) is 14.3. The van der Waals surface area contributed by atoms with Crippen LogP contribution in [0.1, 0.15) is 37.8 Å². The summed E-state index contributed by atoms with van der Waals surface area (Å²) in [5.74, 6) is 0.171. The summed E-state index contributed by atoms with van der Waals surface area (Å²) >= 11 is 0. The number of carbonyl (C=O) groups is 1. The van der Waals surface area contributed by atoms with E-state index in [4.69, 9.17) is 0 Å². The van der Waals surface area contributed by atoms with E-state index in [2.05, 4.69) is 34.5 Å². The predicted octanol–water partition coefficient (Wildman–Crippen LogP) is 3.01. The molecule has 0 radical (unpaired) electrons. The van der Waals surface area contributed by atoms with Crippen molar-refractivity contribution < 1.29 is 13.2 Å². The van der Waals surface area contributed by atoms with Gasteiger partial charge in [0.1, 0.15) is 0 Å². The molecular formula is C23H33N3O3S. The molecule has 6 nitrogen and oxygen atoms in total. The van der Waals surface area contributed by atoms with Gasteiger partial charge in [0, 0.05) is 19.5 Å². The Hall–Kier alpha value is -1.96. The van der Waals surface area contributed by atoms with Crippen molar-refractivity contribution in [1.29, 1.82) is 0 Å². The van der Waals surface area contributed by atoms with E-state index in [1.54, 1.807) is 7.05 Å². The molecule has 1 heterocycles. The van der Waals surface area contributed by atoms with Gasteiger partial charge in [-0.15, -0.1) is 0 Å². The van der Waals surface area contributed by atoms with Gasteiger partial charge in [-0.1, -0.05) is 42.5 Å². The fourth-order valence-corrected chi connectivity index (χ4v) is 4.60. The average molecular weight is 432 g/mol. The summed E-state index contributed by atoms with van der Waals surface area (Å²) < 4.78 is 24.3. The molecule has 1 N–H and O–H groups in total. The van der Waals surface area contributed by atoms with Crippen LogP contribution in [0.3, 0.4) is 0 Å². The van der Waals surface area contributed by atoms with Crippen LogP contribution < -0.4 is 5.32 Å². The molecule has 3 rings (SSSR count). The van der Waals surface area contributed by atoms with Crippen molar-refractivity contribution in [2.45, 2.75) is 32.2 Å². The highest BCUT2D eigenvalue weighted by Crippen LogP contribution is 2.25. The lowest BCUT2D eigenvalue weighted by Gasteiger charge is -2.32. The highest BCUT2D eigenvalue weighted by atomic mass is 32.2. The molecule has 1 aliphatic heterocycles. The van der Waals surface area contributed by atoms with Crippen molar-refractivity contribution >= 4 is 26.7 Å². The summed E-state index contributed by atoms with van der Waals surface area (Å²) in [6.07, 6.45) is 3.72. The molecule has 0 spiro atoms. The van der Waals surface area contributed by atoms with Gasteiger partial charge in [-0.05, 0) is 62.2 Å². The number of hydrogen-bond acceptors (Lipinski definition) is 4. The zero-order chi connectivity index (χ0) is 21.7. The number of benzene rings is 2. The number of nitrogens with one attached hydrogen (secondary N) is 1. The summed E-state index contributed by atoms with van der Waals surface area (Å²) in [6, 6.07) is 14.4. The second kappa shape index (κ2) is 9.90. The molecule has 164 valence electrons. The summed E-state index contributed by atoms with van der Waals surface area (Å²) in [4.78, 5) is 15.2. The lowest BCUT2D eigenvalue weighted by Crippen LogP contribution is -2.42. The van der Waals surface area contributed by atoms with E-state index in [0.29, 0.717) is 6.54 Å². The minimum absolute atomic E-state index is 0.0341. The number of amides is 1. The van der Waals surface area contributed by atoms with Crippen LogP contribution in [-0.4, -0.2) is 63.0 Å². The third-order valence-corrected chi connectivity index (χ3v) is 7.44. The van der Waals surface area contributed by atoms with Gasteiger partial charge in [0.25, 0.3) is 0 Å². The largest absolute Gasteiger partial charge is 0.349 e. The summed E-state index contributed by atoms with van der Waals surface area (Å²) in [5, 5.41) is 5.58. The number of likely N-dealkylation sites (tertiary alicyclic amines) is 1. The van der Waals surface area contributed by atoms with Crippen LogP contribution in [0.15, 0.2) is 42.5 Å². The van der Waals surface area contributed by atoms with Crippen LogP contribution in [0.25, 0.3) is 10.8 Å². The second-order valence-corrected chi connectivity index (χ2v) is 10.4. The van der Waals surface area contributed by atoms with Crippen LogP contribution >= 0.6 is 0 Å². The van der Waals surface area contributed by atoms with Crippen LogP contribution in [0, 0.1) is 5.92 Å². The quantitative estimate of drug-likeness (QED) is 0.698.